The molecule has 0 aromatic heterocycles. The van der Waals surface area contributed by atoms with Crippen LogP contribution in [0, 0.1) is 12.8 Å². The number of piperazine rings is 1. The Morgan fingerprint density at radius 3 is 2.55 bits per heavy atom. The summed E-state index contributed by atoms with van der Waals surface area (Å²) in [5.41, 5.74) is 2.72. The molecule has 0 spiro atoms. The molecule has 20 heavy (non-hydrogen) atoms. The smallest absolute Gasteiger partial charge is 0.0369 e. The lowest BCUT2D eigenvalue weighted by atomic mass is 10.0. The summed E-state index contributed by atoms with van der Waals surface area (Å²) in [5.74, 6) is 1.55. The molecular formula is C17H27ClN2. The van der Waals surface area contributed by atoms with E-state index in [0.29, 0.717) is 0 Å². The summed E-state index contributed by atoms with van der Waals surface area (Å²) in [6.45, 7) is 10.4. The molecule has 1 aromatic rings. The molecule has 2 nitrogen and oxygen atoms in total. The third-order valence-electron chi connectivity index (χ3n) is 4.28. The molecule has 1 fully saturated rings. The molecular weight excluding hydrogens is 268 g/mol. The van der Waals surface area contributed by atoms with Crippen LogP contribution in [0.2, 0.25) is 0 Å². The van der Waals surface area contributed by atoms with E-state index in [2.05, 4.69) is 47.9 Å². The van der Waals surface area contributed by atoms with Crippen molar-refractivity contribution in [2.24, 2.45) is 5.92 Å². The molecule has 112 valence electrons. The van der Waals surface area contributed by atoms with E-state index in [1.54, 1.807) is 0 Å². The number of halogens is 1. The van der Waals surface area contributed by atoms with E-state index in [1.807, 2.05) is 0 Å². The Morgan fingerprint density at radius 1 is 1.15 bits per heavy atom. The highest BCUT2D eigenvalue weighted by molar-refractivity contribution is 6.17. The molecule has 0 N–H and O–H groups in total. The van der Waals surface area contributed by atoms with E-state index < -0.39 is 0 Å². The molecule has 0 aliphatic carbocycles. The highest BCUT2D eigenvalue weighted by Gasteiger charge is 2.17. The van der Waals surface area contributed by atoms with Crippen molar-refractivity contribution < 1.29 is 0 Å². The highest BCUT2D eigenvalue weighted by Crippen LogP contribution is 2.18. The van der Waals surface area contributed by atoms with Crippen molar-refractivity contribution in [3.63, 3.8) is 0 Å². The minimum absolute atomic E-state index is 0.752. The summed E-state index contributed by atoms with van der Waals surface area (Å²) < 4.78 is 0. The molecule has 1 unspecified atom stereocenters. The number of hydrogen-bond acceptors (Lipinski definition) is 2. The zero-order valence-electron chi connectivity index (χ0n) is 12.8. The average molecular weight is 295 g/mol. The second kappa shape index (κ2) is 7.90. The number of nitrogens with zero attached hydrogens (tertiary/aromatic N) is 2. The van der Waals surface area contributed by atoms with Gasteiger partial charge in [0.25, 0.3) is 0 Å². The van der Waals surface area contributed by atoms with Crippen LogP contribution in [-0.2, 0) is 0 Å². The van der Waals surface area contributed by atoms with Crippen LogP contribution in [0.3, 0.4) is 0 Å². The van der Waals surface area contributed by atoms with Crippen LogP contribution < -0.4 is 4.90 Å². The number of hydrogen-bond donors (Lipinski definition) is 0. The first-order valence-corrected chi connectivity index (χ1v) is 8.32. The zero-order chi connectivity index (χ0) is 14.4. The normalized spacial score (nSPS) is 18.2. The molecule has 2 rings (SSSR count). The van der Waals surface area contributed by atoms with Gasteiger partial charge in [0.2, 0.25) is 0 Å². The summed E-state index contributed by atoms with van der Waals surface area (Å²) in [5, 5.41) is 0. The van der Waals surface area contributed by atoms with E-state index in [9.17, 15) is 0 Å². The van der Waals surface area contributed by atoms with Crippen LogP contribution in [0.1, 0.15) is 25.3 Å². The molecule has 1 aromatic carbocycles. The van der Waals surface area contributed by atoms with Gasteiger partial charge in [-0.15, -0.1) is 11.6 Å². The average Bonchev–Trinajstić information content (AvgIpc) is 2.46. The molecule has 3 heteroatoms. The second-order valence-corrected chi connectivity index (χ2v) is 6.42. The lowest BCUT2D eigenvalue weighted by Crippen LogP contribution is -2.46. The summed E-state index contributed by atoms with van der Waals surface area (Å²) >= 11 is 5.80. The van der Waals surface area contributed by atoms with E-state index in [1.165, 1.54) is 37.3 Å². The van der Waals surface area contributed by atoms with E-state index >= 15 is 0 Å². The van der Waals surface area contributed by atoms with Gasteiger partial charge in [-0.1, -0.05) is 19.1 Å². The maximum atomic E-state index is 5.80. The molecule has 0 bridgehead atoms. The first-order chi connectivity index (χ1) is 9.69. The fourth-order valence-electron chi connectivity index (χ4n) is 2.79. The Kier molecular flexibility index (Phi) is 6.18. The van der Waals surface area contributed by atoms with Gasteiger partial charge in [-0.25, -0.2) is 0 Å². The molecule has 0 radical (unpaired) electrons. The third kappa shape index (κ3) is 4.68. The topological polar surface area (TPSA) is 6.48 Å². The zero-order valence-corrected chi connectivity index (χ0v) is 13.6. The maximum Gasteiger partial charge on any atom is 0.0369 e. The molecule has 1 aliphatic heterocycles. The SMILES string of the molecule is Cc1cccc(N2CCN(CCC(C)CCCl)CC2)c1. The highest BCUT2D eigenvalue weighted by atomic mass is 35.5. The first kappa shape index (κ1) is 15.7. The monoisotopic (exact) mass is 294 g/mol. The quantitative estimate of drug-likeness (QED) is 0.737. The van der Waals surface area contributed by atoms with Gasteiger partial charge in [-0.2, -0.15) is 0 Å². The van der Waals surface area contributed by atoms with Crippen molar-refractivity contribution in [1.82, 2.24) is 4.90 Å². The van der Waals surface area contributed by atoms with Gasteiger partial charge in [0.1, 0.15) is 0 Å². The van der Waals surface area contributed by atoms with Crippen LogP contribution in [0.25, 0.3) is 0 Å². The molecule has 0 saturated carbocycles. The summed E-state index contributed by atoms with van der Waals surface area (Å²) in [6.07, 6.45) is 2.42. The number of rotatable bonds is 6. The fraction of sp³-hybridized carbons (Fsp3) is 0.647. The Labute approximate surface area is 128 Å². The standard InChI is InChI=1S/C17H27ClN2/c1-15(6-8-18)7-9-19-10-12-20(13-11-19)17-5-3-4-16(2)14-17/h3-5,14-15H,6-13H2,1-2H3. The van der Waals surface area contributed by atoms with Gasteiger partial charge in [-0.05, 0) is 49.9 Å². The largest absolute Gasteiger partial charge is 0.369 e. The number of alkyl halides is 1. The van der Waals surface area contributed by atoms with E-state index in [0.717, 1.165) is 31.3 Å². The lowest BCUT2D eigenvalue weighted by Gasteiger charge is -2.36. The number of anilines is 1. The molecule has 1 heterocycles. The fourth-order valence-corrected chi connectivity index (χ4v) is 3.16. The van der Waals surface area contributed by atoms with Crippen molar-refractivity contribution in [2.75, 3.05) is 43.5 Å². The summed E-state index contributed by atoms with van der Waals surface area (Å²) in [4.78, 5) is 5.10. The minimum Gasteiger partial charge on any atom is -0.369 e. The van der Waals surface area contributed by atoms with Gasteiger partial charge in [-0.3, -0.25) is 4.90 Å². The van der Waals surface area contributed by atoms with Crippen molar-refractivity contribution in [3.05, 3.63) is 29.8 Å². The molecule has 1 saturated heterocycles. The van der Waals surface area contributed by atoms with Gasteiger partial charge >= 0.3 is 0 Å². The Balaban J connectivity index is 1.75. The number of benzene rings is 1. The van der Waals surface area contributed by atoms with Crippen LogP contribution in [-0.4, -0.2) is 43.5 Å². The van der Waals surface area contributed by atoms with Crippen LogP contribution in [0.15, 0.2) is 24.3 Å². The Hall–Kier alpha value is -0.730. The van der Waals surface area contributed by atoms with Gasteiger partial charge in [0.15, 0.2) is 0 Å². The van der Waals surface area contributed by atoms with E-state index in [-0.39, 0.29) is 0 Å². The summed E-state index contributed by atoms with van der Waals surface area (Å²) in [6, 6.07) is 8.84. The van der Waals surface area contributed by atoms with Gasteiger partial charge in [0, 0.05) is 37.7 Å². The first-order valence-electron chi connectivity index (χ1n) is 7.79. The van der Waals surface area contributed by atoms with Gasteiger partial charge in [0.05, 0.1) is 0 Å². The maximum absolute atomic E-state index is 5.80. The van der Waals surface area contributed by atoms with Gasteiger partial charge < -0.3 is 4.90 Å². The predicted molar refractivity (Wildman–Crippen MR) is 89.0 cm³/mol. The predicted octanol–water partition coefficient (Wildman–Crippen LogP) is 3.77. The van der Waals surface area contributed by atoms with Crippen molar-refractivity contribution in [2.45, 2.75) is 26.7 Å². The molecule has 1 aliphatic rings. The van der Waals surface area contributed by atoms with Crippen LogP contribution >= 0.6 is 11.6 Å². The van der Waals surface area contributed by atoms with Crippen molar-refractivity contribution in [3.8, 4) is 0 Å². The van der Waals surface area contributed by atoms with Crippen molar-refractivity contribution >= 4 is 17.3 Å². The van der Waals surface area contributed by atoms with Crippen LogP contribution in [0.4, 0.5) is 5.69 Å². The molecule has 1 atom stereocenters. The van der Waals surface area contributed by atoms with Crippen molar-refractivity contribution in [1.29, 1.82) is 0 Å². The van der Waals surface area contributed by atoms with Crippen LogP contribution in [0.5, 0.6) is 0 Å². The summed E-state index contributed by atoms with van der Waals surface area (Å²) in [7, 11) is 0. The lowest BCUT2D eigenvalue weighted by molar-refractivity contribution is 0.240. The molecule has 0 amide bonds. The third-order valence-corrected chi connectivity index (χ3v) is 4.50. The Morgan fingerprint density at radius 2 is 1.90 bits per heavy atom. The number of aryl methyl sites for hydroxylation is 1. The Bertz CT molecular complexity index is 400. The second-order valence-electron chi connectivity index (χ2n) is 6.04. The minimum atomic E-state index is 0.752. The van der Waals surface area contributed by atoms with E-state index in [4.69, 9.17) is 11.6 Å².